The van der Waals surface area contributed by atoms with Crippen LogP contribution in [0, 0.1) is 20.8 Å². The number of aromatic nitrogens is 1. The van der Waals surface area contributed by atoms with Gasteiger partial charge in [0.25, 0.3) is 0 Å². The highest BCUT2D eigenvalue weighted by Crippen LogP contribution is 2.32. The fraction of sp³-hybridized carbons (Fsp3) is 0.304. The van der Waals surface area contributed by atoms with Crippen LogP contribution in [-0.4, -0.2) is 21.0 Å². The molecule has 0 spiro atoms. The Kier molecular flexibility index (Phi) is 5.26. The second kappa shape index (κ2) is 7.69. The Bertz CT molecular complexity index is 1040. The fourth-order valence-electron chi connectivity index (χ4n) is 3.38. The van der Waals surface area contributed by atoms with Gasteiger partial charge in [-0.1, -0.05) is 41.4 Å². The highest BCUT2D eigenvalue weighted by Gasteiger charge is 2.31. The number of nitrogens with zero attached hydrogens (tertiary/aromatic N) is 2. The molecule has 0 bridgehead atoms. The van der Waals surface area contributed by atoms with E-state index < -0.39 is 0 Å². The van der Waals surface area contributed by atoms with Crippen molar-refractivity contribution in [2.75, 3.05) is 5.32 Å². The average Bonchev–Trinajstić information content (AvgIpc) is 3.50. The van der Waals surface area contributed by atoms with Crippen molar-refractivity contribution in [1.29, 1.82) is 0 Å². The van der Waals surface area contributed by atoms with E-state index in [4.69, 9.17) is 28.8 Å². The molecule has 1 aliphatic rings. The van der Waals surface area contributed by atoms with Gasteiger partial charge in [0.15, 0.2) is 5.11 Å². The fourth-order valence-corrected chi connectivity index (χ4v) is 3.91. The van der Waals surface area contributed by atoms with Gasteiger partial charge >= 0.3 is 0 Å². The normalized spacial score (nSPS) is 13.6. The summed E-state index contributed by atoms with van der Waals surface area (Å²) in [5.41, 5.74) is 6.64. The molecular weight excluding hydrogens is 386 g/mol. The summed E-state index contributed by atoms with van der Waals surface area (Å²) in [4.78, 5) is 6.94. The first kappa shape index (κ1) is 19.2. The van der Waals surface area contributed by atoms with E-state index in [9.17, 15) is 0 Å². The van der Waals surface area contributed by atoms with Gasteiger partial charge in [-0.15, -0.1) is 0 Å². The minimum Gasteiger partial charge on any atom is -0.342 e. The third-order valence-electron chi connectivity index (χ3n) is 5.43. The van der Waals surface area contributed by atoms with E-state index in [1.54, 1.807) is 0 Å². The molecule has 0 saturated heterocycles. The summed E-state index contributed by atoms with van der Waals surface area (Å²) < 4.78 is 0. The lowest BCUT2D eigenvalue weighted by atomic mass is 10.0. The molecule has 0 radical (unpaired) electrons. The number of rotatable bonds is 4. The number of pyridine rings is 1. The standard InChI is InChI=1S/C23H24ClN3S/c1-14-4-8-19(9-5-14)25-23(28)27(20-10-11-20)13-18-12-17-7-6-15(2)16(3)21(17)26-22(18)24/h4-9,12,20H,10-11,13H2,1-3H3,(H,25,28). The maximum absolute atomic E-state index is 6.58. The van der Waals surface area contributed by atoms with Gasteiger partial charge in [-0.25, -0.2) is 4.98 Å². The minimum atomic E-state index is 0.469. The molecule has 0 aliphatic heterocycles. The predicted octanol–water partition coefficient (Wildman–Crippen LogP) is 6.17. The second-order valence-corrected chi connectivity index (χ2v) is 8.42. The van der Waals surface area contributed by atoms with Gasteiger partial charge < -0.3 is 10.2 Å². The molecule has 1 N–H and O–H groups in total. The van der Waals surface area contributed by atoms with Crippen LogP contribution in [-0.2, 0) is 6.54 Å². The molecule has 0 amide bonds. The van der Waals surface area contributed by atoms with Crippen LogP contribution in [0.4, 0.5) is 5.69 Å². The Morgan fingerprint density at radius 1 is 1.14 bits per heavy atom. The summed E-state index contributed by atoms with van der Waals surface area (Å²) in [5, 5.41) is 5.80. The van der Waals surface area contributed by atoms with Crippen LogP contribution in [0.3, 0.4) is 0 Å². The van der Waals surface area contributed by atoms with E-state index in [-0.39, 0.29) is 0 Å². The first-order valence-corrected chi connectivity index (χ1v) is 10.4. The average molecular weight is 410 g/mol. The Labute approximate surface area is 176 Å². The summed E-state index contributed by atoms with van der Waals surface area (Å²) in [5.74, 6) is 0. The maximum Gasteiger partial charge on any atom is 0.173 e. The molecule has 1 fully saturated rings. The van der Waals surface area contributed by atoms with Crippen LogP contribution >= 0.6 is 23.8 Å². The van der Waals surface area contributed by atoms with Crippen molar-refractivity contribution in [2.24, 2.45) is 0 Å². The van der Waals surface area contributed by atoms with Crippen LogP contribution in [0.25, 0.3) is 10.9 Å². The van der Waals surface area contributed by atoms with Crippen molar-refractivity contribution in [3.05, 3.63) is 69.9 Å². The quantitative estimate of drug-likeness (QED) is 0.411. The SMILES string of the molecule is Cc1ccc(NC(=S)N(Cc2cc3ccc(C)c(C)c3nc2Cl)C2CC2)cc1. The van der Waals surface area contributed by atoms with Gasteiger partial charge in [0.2, 0.25) is 0 Å². The second-order valence-electron chi connectivity index (χ2n) is 7.67. The predicted molar refractivity (Wildman–Crippen MR) is 122 cm³/mol. The van der Waals surface area contributed by atoms with Gasteiger partial charge in [0.1, 0.15) is 5.15 Å². The lowest BCUT2D eigenvalue weighted by Crippen LogP contribution is -2.36. The lowest BCUT2D eigenvalue weighted by Gasteiger charge is -2.26. The van der Waals surface area contributed by atoms with Gasteiger partial charge in [-0.3, -0.25) is 0 Å². The Hall–Kier alpha value is -2.17. The van der Waals surface area contributed by atoms with Gasteiger partial charge in [-0.05, 0) is 75.2 Å². The summed E-state index contributed by atoms with van der Waals surface area (Å²) >= 11 is 12.3. The summed E-state index contributed by atoms with van der Waals surface area (Å²) in [7, 11) is 0. The van der Waals surface area contributed by atoms with E-state index in [1.165, 1.54) is 16.7 Å². The smallest absolute Gasteiger partial charge is 0.173 e. The van der Waals surface area contributed by atoms with Crippen LogP contribution in [0.2, 0.25) is 5.15 Å². The first-order valence-electron chi connectivity index (χ1n) is 9.62. The third kappa shape index (κ3) is 3.98. The highest BCUT2D eigenvalue weighted by molar-refractivity contribution is 7.80. The molecule has 1 aromatic heterocycles. The Morgan fingerprint density at radius 3 is 2.54 bits per heavy atom. The molecule has 3 aromatic rings. The molecular formula is C23H24ClN3S. The third-order valence-corrected chi connectivity index (χ3v) is 6.09. The zero-order valence-electron chi connectivity index (χ0n) is 16.4. The summed E-state index contributed by atoms with van der Waals surface area (Å²) in [6, 6.07) is 15.2. The minimum absolute atomic E-state index is 0.469. The number of hydrogen-bond acceptors (Lipinski definition) is 2. The van der Waals surface area contributed by atoms with E-state index in [0.717, 1.165) is 40.1 Å². The topological polar surface area (TPSA) is 28.2 Å². The van der Waals surface area contributed by atoms with Crippen molar-refractivity contribution < 1.29 is 0 Å². The number of halogens is 1. The highest BCUT2D eigenvalue weighted by atomic mass is 35.5. The number of fused-ring (bicyclic) bond motifs is 1. The van der Waals surface area contributed by atoms with Crippen molar-refractivity contribution in [1.82, 2.24) is 9.88 Å². The number of anilines is 1. The maximum atomic E-state index is 6.58. The number of aryl methyl sites for hydroxylation is 3. The van der Waals surface area contributed by atoms with E-state index in [0.29, 0.717) is 17.7 Å². The van der Waals surface area contributed by atoms with Crippen LogP contribution in [0.15, 0.2) is 42.5 Å². The molecule has 144 valence electrons. The molecule has 28 heavy (non-hydrogen) atoms. The Balaban J connectivity index is 1.59. The number of hydrogen-bond donors (Lipinski definition) is 1. The zero-order chi connectivity index (χ0) is 19.8. The number of thiocarbonyl (C=S) groups is 1. The van der Waals surface area contributed by atoms with Crippen molar-refractivity contribution in [3.8, 4) is 0 Å². The first-order chi connectivity index (χ1) is 13.4. The molecule has 0 unspecified atom stereocenters. The lowest BCUT2D eigenvalue weighted by molar-refractivity contribution is 0.409. The molecule has 5 heteroatoms. The van der Waals surface area contributed by atoms with Gasteiger partial charge in [0, 0.05) is 29.2 Å². The molecule has 3 nitrogen and oxygen atoms in total. The molecule has 2 aromatic carbocycles. The van der Waals surface area contributed by atoms with E-state index in [2.05, 4.69) is 73.5 Å². The summed E-state index contributed by atoms with van der Waals surface area (Å²) in [6.07, 6.45) is 2.32. The molecule has 1 aliphatic carbocycles. The van der Waals surface area contributed by atoms with Crippen LogP contribution < -0.4 is 5.32 Å². The van der Waals surface area contributed by atoms with Crippen molar-refractivity contribution >= 4 is 45.5 Å². The number of benzene rings is 2. The van der Waals surface area contributed by atoms with Crippen LogP contribution in [0.5, 0.6) is 0 Å². The molecule has 1 heterocycles. The van der Waals surface area contributed by atoms with E-state index >= 15 is 0 Å². The monoisotopic (exact) mass is 409 g/mol. The zero-order valence-corrected chi connectivity index (χ0v) is 18.0. The molecule has 1 saturated carbocycles. The van der Waals surface area contributed by atoms with Gasteiger partial charge in [-0.2, -0.15) is 0 Å². The molecule has 4 rings (SSSR count). The Morgan fingerprint density at radius 2 is 1.86 bits per heavy atom. The summed E-state index contributed by atoms with van der Waals surface area (Å²) in [6.45, 7) is 6.94. The number of nitrogens with one attached hydrogen (secondary N) is 1. The van der Waals surface area contributed by atoms with E-state index in [1.807, 2.05) is 0 Å². The van der Waals surface area contributed by atoms with Gasteiger partial charge in [0.05, 0.1) is 5.52 Å². The largest absolute Gasteiger partial charge is 0.342 e. The van der Waals surface area contributed by atoms with Crippen LogP contribution in [0.1, 0.15) is 35.1 Å². The molecule has 0 atom stereocenters. The van der Waals surface area contributed by atoms with Crippen molar-refractivity contribution in [2.45, 2.75) is 46.2 Å². The van der Waals surface area contributed by atoms with Crippen molar-refractivity contribution in [3.63, 3.8) is 0 Å².